The average Bonchev–Trinajstić information content (AvgIpc) is 4.02. The molecule has 1 fully saturated rings. The van der Waals surface area contributed by atoms with E-state index in [1.54, 1.807) is 24.3 Å². The summed E-state index contributed by atoms with van der Waals surface area (Å²) in [5.41, 5.74) is 2.11. The number of H-pyrrole nitrogens is 1. The van der Waals surface area contributed by atoms with Crippen LogP contribution in [0.25, 0.3) is 21.9 Å². The number of hydrogen-bond donors (Lipinski definition) is 5. The Bertz CT molecular complexity index is 2320. The number of esters is 1. The van der Waals surface area contributed by atoms with Gasteiger partial charge in [0, 0.05) is 48.3 Å². The molecule has 0 bridgehead atoms. The highest BCUT2D eigenvalue weighted by atomic mass is 32.1. The van der Waals surface area contributed by atoms with Crippen LogP contribution in [0.1, 0.15) is 64.7 Å². The minimum atomic E-state index is -1.79. The molecular weight excluding hydrogens is 757 g/mol. The molecule has 14 nitrogen and oxygen atoms in total. The van der Waals surface area contributed by atoms with Crippen LogP contribution in [0.2, 0.25) is 0 Å². The van der Waals surface area contributed by atoms with E-state index in [1.807, 2.05) is 33.6 Å². The number of carbonyl (C=O) groups is 1. The number of nitrogens with one attached hydrogen (secondary N) is 2. The molecule has 2 aromatic carbocycles. The van der Waals surface area contributed by atoms with Gasteiger partial charge in [0.05, 0.1) is 33.5 Å². The fourth-order valence-corrected chi connectivity index (χ4v) is 9.61. The molecule has 1 atom stereocenters. The number of hydrogen-bond acceptors (Lipinski definition) is 14. The van der Waals surface area contributed by atoms with Crippen molar-refractivity contribution < 1.29 is 34.3 Å². The van der Waals surface area contributed by atoms with Gasteiger partial charge in [-0.15, -0.1) is 27.8 Å². The third kappa shape index (κ3) is 7.57. The van der Waals surface area contributed by atoms with Crippen molar-refractivity contribution >= 4 is 50.6 Å². The first kappa shape index (κ1) is 38.2. The Hall–Kier alpha value is -4.68. The number of benzene rings is 2. The number of aromatic amines is 1. The zero-order valence-electron chi connectivity index (χ0n) is 30.8. The Morgan fingerprint density at radius 3 is 2.62 bits per heavy atom. The number of nitrogens with zero attached hydrogens (tertiary/aromatic N) is 4. The number of aliphatic hydroxyl groups excluding tert-OH is 1. The monoisotopic (exact) mass is 800 g/mol. The van der Waals surface area contributed by atoms with Gasteiger partial charge in [-0.2, -0.15) is 0 Å². The number of ether oxygens (including phenoxy) is 3. The molecule has 5 heterocycles. The molecular formula is C40H44N6O8S2. The van der Waals surface area contributed by atoms with Gasteiger partial charge < -0.3 is 44.7 Å². The van der Waals surface area contributed by atoms with Gasteiger partial charge in [0.15, 0.2) is 6.79 Å². The maximum absolute atomic E-state index is 13.4. The van der Waals surface area contributed by atoms with E-state index in [1.165, 1.54) is 34.8 Å². The van der Waals surface area contributed by atoms with Crippen molar-refractivity contribution in [1.29, 1.82) is 0 Å². The molecule has 6 aromatic rings. The summed E-state index contributed by atoms with van der Waals surface area (Å²) in [4.78, 5) is 31.4. The van der Waals surface area contributed by atoms with Gasteiger partial charge in [0.25, 0.3) is 0 Å². The highest BCUT2D eigenvalue weighted by Gasteiger charge is 2.45. The third-order valence-electron chi connectivity index (χ3n) is 10.8. The van der Waals surface area contributed by atoms with Crippen molar-refractivity contribution in [3.63, 3.8) is 0 Å². The third-order valence-corrected chi connectivity index (χ3v) is 12.8. The van der Waals surface area contributed by atoms with Crippen molar-refractivity contribution in [2.75, 3.05) is 26.9 Å². The van der Waals surface area contributed by atoms with Crippen LogP contribution in [0.15, 0.2) is 70.2 Å². The number of carbonyl (C=O) groups excluding carboxylic acids is 1. The van der Waals surface area contributed by atoms with E-state index in [0.29, 0.717) is 46.4 Å². The fraction of sp³-hybridized carbons (Fsp3) is 0.400. The summed E-state index contributed by atoms with van der Waals surface area (Å²) in [6.45, 7) is 2.59. The van der Waals surface area contributed by atoms with E-state index < -0.39 is 17.7 Å². The molecule has 1 aliphatic carbocycles. The largest absolute Gasteiger partial charge is 0.506 e. The molecule has 0 radical (unpaired) electrons. The lowest BCUT2D eigenvalue weighted by Crippen LogP contribution is -2.42. The molecule has 1 saturated carbocycles. The SMILES string of the molecule is CN(CCCn1nnc2cc(CNC[C@H](O)c3ccc(O)c4[nH]c(=O)ccc34)c3c(c21)COCO3)[C@H]1CC[C@H](OC(=O)C(O)(c2cccs2)c2cccs2)CC1. The van der Waals surface area contributed by atoms with Gasteiger partial charge >= 0.3 is 5.97 Å². The van der Waals surface area contributed by atoms with Crippen LogP contribution in [0.3, 0.4) is 0 Å². The second kappa shape index (κ2) is 16.4. The van der Waals surface area contributed by atoms with E-state index >= 15 is 0 Å². The maximum Gasteiger partial charge on any atom is 0.349 e. The number of aromatic nitrogens is 4. The minimum absolute atomic E-state index is 0.0590. The zero-order valence-corrected chi connectivity index (χ0v) is 32.5. The number of pyridine rings is 1. The molecule has 4 aromatic heterocycles. The average molecular weight is 801 g/mol. The number of fused-ring (bicyclic) bond motifs is 4. The Kier molecular flexibility index (Phi) is 11.2. The number of aliphatic hydroxyl groups is 2. The topological polar surface area (TPSA) is 184 Å². The summed E-state index contributed by atoms with van der Waals surface area (Å²) in [5, 5.41) is 49.5. The van der Waals surface area contributed by atoms with Crippen molar-refractivity contribution in [3.8, 4) is 11.5 Å². The molecule has 294 valence electrons. The van der Waals surface area contributed by atoms with Crippen LogP contribution >= 0.6 is 22.7 Å². The van der Waals surface area contributed by atoms with Crippen molar-refractivity contribution in [1.82, 2.24) is 30.2 Å². The summed E-state index contributed by atoms with van der Waals surface area (Å²) in [5.74, 6) is 0.0521. The predicted molar refractivity (Wildman–Crippen MR) is 212 cm³/mol. The van der Waals surface area contributed by atoms with Crippen LogP contribution in [-0.4, -0.2) is 85.2 Å². The maximum atomic E-state index is 13.4. The summed E-state index contributed by atoms with van der Waals surface area (Å²) in [6.07, 6.45) is 2.94. The van der Waals surface area contributed by atoms with Gasteiger partial charge in [0.2, 0.25) is 11.2 Å². The van der Waals surface area contributed by atoms with Gasteiger partial charge in [-0.05, 0) is 92.4 Å². The van der Waals surface area contributed by atoms with E-state index in [0.717, 1.165) is 66.6 Å². The number of rotatable bonds is 14. The van der Waals surface area contributed by atoms with Crippen LogP contribution in [0.4, 0.5) is 0 Å². The van der Waals surface area contributed by atoms with E-state index in [-0.39, 0.29) is 36.3 Å². The second-order valence-corrected chi connectivity index (χ2v) is 16.3. The minimum Gasteiger partial charge on any atom is -0.506 e. The van der Waals surface area contributed by atoms with Crippen LogP contribution in [-0.2, 0) is 39.6 Å². The molecule has 8 rings (SSSR count). The van der Waals surface area contributed by atoms with Crippen LogP contribution in [0.5, 0.6) is 11.5 Å². The first-order valence-corrected chi connectivity index (χ1v) is 20.5. The molecule has 0 unspecified atom stereocenters. The zero-order chi connectivity index (χ0) is 38.8. The molecule has 0 spiro atoms. The quantitative estimate of drug-likeness (QED) is 0.0941. The molecule has 1 aliphatic heterocycles. The van der Waals surface area contributed by atoms with Gasteiger partial charge in [-0.25, -0.2) is 9.48 Å². The van der Waals surface area contributed by atoms with Crippen LogP contribution in [0, 0.1) is 0 Å². The Morgan fingerprint density at radius 1 is 1.12 bits per heavy atom. The Balaban J connectivity index is 0.855. The Labute approximate surface area is 330 Å². The lowest BCUT2D eigenvalue weighted by atomic mass is 9.91. The summed E-state index contributed by atoms with van der Waals surface area (Å²) >= 11 is 2.69. The standard InChI is InChI=1S/C40H44N6O8S2/c1-45(25-7-9-26(10-8-25)54-39(50)40(51,33-5-2-17-55-33)34-6-3-18-56-34)15-4-16-46-37-29-22-52-23-53-38(29)24(19-30(37)43-44-46)20-41-21-32(48)27-11-13-31(47)36-28(27)12-14-35(49)42-36/h2-3,5-6,11-14,17-19,25-26,32,41,47-48,51H,4,7-10,15-16,20-23H2,1H3,(H,42,49)/t25-,26-,32-/m0/s1. The summed E-state index contributed by atoms with van der Waals surface area (Å²) < 4.78 is 19.6. The van der Waals surface area contributed by atoms with Gasteiger partial charge in [0.1, 0.15) is 23.1 Å². The summed E-state index contributed by atoms with van der Waals surface area (Å²) in [6, 6.07) is 15.6. The van der Waals surface area contributed by atoms with Gasteiger partial charge in [-0.1, -0.05) is 23.4 Å². The second-order valence-electron chi connectivity index (χ2n) is 14.4. The van der Waals surface area contributed by atoms with Crippen molar-refractivity contribution in [2.45, 2.75) is 75.7 Å². The normalized spacial score (nSPS) is 17.9. The molecule has 56 heavy (non-hydrogen) atoms. The number of phenolic OH excluding ortho intramolecular Hbond substituents is 1. The molecule has 0 saturated heterocycles. The predicted octanol–water partition coefficient (Wildman–Crippen LogP) is 4.90. The first-order valence-electron chi connectivity index (χ1n) is 18.7. The summed E-state index contributed by atoms with van der Waals surface area (Å²) in [7, 11) is 2.13. The fourth-order valence-electron chi connectivity index (χ4n) is 7.90. The highest BCUT2D eigenvalue weighted by Crippen LogP contribution is 2.39. The lowest BCUT2D eigenvalue weighted by Gasteiger charge is -2.35. The Morgan fingerprint density at radius 2 is 1.89 bits per heavy atom. The van der Waals surface area contributed by atoms with Crippen LogP contribution < -0.4 is 15.6 Å². The number of phenols is 1. The van der Waals surface area contributed by atoms with Gasteiger partial charge in [-0.3, -0.25) is 4.79 Å². The van der Waals surface area contributed by atoms with E-state index in [4.69, 9.17) is 14.2 Å². The molecule has 5 N–H and O–H groups in total. The van der Waals surface area contributed by atoms with E-state index in [9.17, 15) is 24.9 Å². The van der Waals surface area contributed by atoms with E-state index in [2.05, 4.69) is 32.6 Å². The number of aromatic hydroxyl groups is 1. The smallest absolute Gasteiger partial charge is 0.349 e. The number of thiophene rings is 2. The van der Waals surface area contributed by atoms with Crippen molar-refractivity contribution in [2.24, 2.45) is 0 Å². The lowest BCUT2D eigenvalue weighted by molar-refractivity contribution is -0.169. The highest BCUT2D eigenvalue weighted by molar-refractivity contribution is 7.12. The first-order chi connectivity index (χ1) is 27.2. The molecule has 2 aliphatic rings. The van der Waals surface area contributed by atoms with Crippen molar-refractivity contribution in [3.05, 3.63) is 102 Å². The molecule has 0 amide bonds. The molecule has 16 heteroatoms. The number of aryl methyl sites for hydroxylation is 1.